The monoisotopic (exact) mass is 255 g/mol. The lowest BCUT2D eigenvalue weighted by atomic mass is 10.1. The summed E-state index contributed by atoms with van der Waals surface area (Å²) in [5.41, 5.74) is 3.66. The van der Waals surface area contributed by atoms with Crippen LogP contribution < -0.4 is 4.90 Å². The summed E-state index contributed by atoms with van der Waals surface area (Å²) in [6.45, 7) is 2.82. The molecule has 0 spiro atoms. The topological polar surface area (TPSA) is 40.5 Å². The minimum atomic E-state index is -0.897. The van der Waals surface area contributed by atoms with Gasteiger partial charge in [-0.05, 0) is 30.7 Å². The Kier molecular flexibility index (Phi) is 3.85. The van der Waals surface area contributed by atoms with Gasteiger partial charge in [-0.3, -0.25) is 0 Å². The maximum Gasteiger partial charge on any atom is 0.335 e. The van der Waals surface area contributed by atoms with E-state index >= 15 is 0 Å². The fourth-order valence-corrected chi connectivity index (χ4v) is 2.05. The van der Waals surface area contributed by atoms with Crippen LogP contribution in [-0.4, -0.2) is 18.1 Å². The summed E-state index contributed by atoms with van der Waals surface area (Å²) in [6.07, 6.45) is 0. The van der Waals surface area contributed by atoms with Gasteiger partial charge >= 0.3 is 5.97 Å². The first-order valence-corrected chi connectivity index (χ1v) is 6.16. The van der Waals surface area contributed by atoms with E-state index in [2.05, 4.69) is 25.1 Å². The van der Waals surface area contributed by atoms with Gasteiger partial charge in [0.15, 0.2) is 0 Å². The van der Waals surface area contributed by atoms with Crippen molar-refractivity contribution in [3.63, 3.8) is 0 Å². The molecule has 2 aromatic rings. The Morgan fingerprint density at radius 3 is 2.58 bits per heavy atom. The second-order valence-corrected chi connectivity index (χ2v) is 4.70. The van der Waals surface area contributed by atoms with Crippen molar-refractivity contribution < 1.29 is 9.90 Å². The molecule has 0 fully saturated rings. The third kappa shape index (κ3) is 3.35. The molecular weight excluding hydrogens is 238 g/mol. The number of carboxylic acids is 1. The summed E-state index contributed by atoms with van der Waals surface area (Å²) in [5.74, 6) is -0.897. The molecule has 0 saturated heterocycles. The van der Waals surface area contributed by atoms with Crippen molar-refractivity contribution in [3.8, 4) is 0 Å². The SMILES string of the molecule is Cc1cccc(CN(C)c2cccc(C(=O)O)c2)c1. The Morgan fingerprint density at radius 2 is 1.89 bits per heavy atom. The molecule has 0 saturated carbocycles. The normalized spacial score (nSPS) is 10.2. The fourth-order valence-electron chi connectivity index (χ4n) is 2.05. The summed E-state index contributed by atoms with van der Waals surface area (Å²) in [4.78, 5) is 13.0. The van der Waals surface area contributed by atoms with Crippen molar-refractivity contribution in [2.75, 3.05) is 11.9 Å². The fraction of sp³-hybridized carbons (Fsp3) is 0.188. The molecule has 0 unspecified atom stereocenters. The maximum absolute atomic E-state index is 11.0. The van der Waals surface area contributed by atoms with Crippen LogP contribution in [-0.2, 0) is 6.54 Å². The van der Waals surface area contributed by atoms with Crippen LogP contribution in [0.25, 0.3) is 0 Å². The van der Waals surface area contributed by atoms with E-state index in [1.165, 1.54) is 11.1 Å². The van der Waals surface area contributed by atoms with Gasteiger partial charge in [0.25, 0.3) is 0 Å². The molecule has 2 rings (SSSR count). The molecule has 1 N–H and O–H groups in total. The number of carboxylic acid groups (broad SMARTS) is 1. The van der Waals surface area contributed by atoms with Crippen molar-refractivity contribution in [1.82, 2.24) is 0 Å². The Bertz CT molecular complexity index is 593. The van der Waals surface area contributed by atoms with Crippen molar-refractivity contribution in [2.45, 2.75) is 13.5 Å². The van der Waals surface area contributed by atoms with E-state index in [-0.39, 0.29) is 0 Å². The lowest BCUT2D eigenvalue weighted by Crippen LogP contribution is -2.16. The Hall–Kier alpha value is -2.29. The summed E-state index contributed by atoms with van der Waals surface area (Å²) in [5, 5.41) is 9.00. The first-order valence-electron chi connectivity index (χ1n) is 6.16. The maximum atomic E-state index is 11.0. The van der Waals surface area contributed by atoms with Crippen molar-refractivity contribution in [3.05, 3.63) is 65.2 Å². The lowest BCUT2D eigenvalue weighted by Gasteiger charge is -2.20. The van der Waals surface area contributed by atoms with Crippen LogP contribution in [0.4, 0.5) is 5.69 Å². The standard InChI is InChI=1S/C16H17NO2/c1-12-5-3-6-13(9-12)11-17(2)15-8-4-7-14(10-15)16(18)19/h3-10H,11H2,1-2H3,(H,18,19). The number of hydrogen-bond acceptors (Lipinski definition) is 2. The van der Waals surface area contributed by atoms with Crippen LogP contribution >= 0.6 is 0 Å². The summed E-state index contributed by atoms with van der Waals surface area (Å²) in [6, 6.07) is 15.3. The van der Waals surface area contributed by atoms with Gasteiger partial charge in [-0.15, -0.1) is 0 Å². The van der Waals surface area contributed by atoms with Crippen LogP contribution in [0.15, 0.2) is 48.5 Å². The highest BCUT2D eigenvalue weighted by Gasteiger charge is 2.07. The second-order valence-electron chi connectivity index (χ2n) is 4.70. The zero-order chi connectivity index (χ0) is 13.8. The van der Waals surface area contributed by atoms with Crippen LogP contribution in [0.2, 0.25) is 0 Å². The van der Waals surface area contributed by atoms with E-state index in [1.807, 2.05) is 24.1 Å². The molecule has 0 radical (unpaired) electrons. The molecule has 2 aromatic carbocycles. The Morgan fingerprint density at radius 1 is 1.16 bits per heavy atom. The number of carbonyl (C=O) groups is 1. The average Bonchev–Trinajstić information content (AvgIpc) is 2.39. The highest BCUT2D eigenvalue weighted by molar-refractivity contribution is 5.88. The molecule has 3 nitrogen and oxygen atoms in total. The molecule has 0 aliphatic rings. The van der Waals surface area contributed by atoms with E-state index in [0.717, 1.165) is 12.2 Å². The van der Waals surface area contributed by atoms with Crippen molar-refractivity contribution >= 4 is 11.7 Å². The van der Waals surface area contributed by atoms with E-state index < -0.39 is 5.97 Å². The smallest absolute Gasteiger partial charge is 0.335 e. The molecular formula is C16H17NO2. The Labute approximate surface area is 113 Å². The van der Waals surface area contributed by atoms with Gasteiger partial charge in [0.05, 0.1) is 5.56 Å². The second kappa shape index (κ2) is 5.57. The first kappa shape index (κ1) is 13.1. The van der Waals surface area contributed by atoms with Gasteiger partial charge in [-0.2, -0.15) is 0 Å². The molecule has 0 aromatic heterocycles. The minimum Gasteiger partial charge on any atom is -0.478 e. The highest BCUT2D eigenvalue weighted by atomic mass is 16.4. The minimum absolute atomic E-state index is 0.314. The van der Waals surface area contributed by atoms with Gasteiger partial charge in [-0.25, -0.2) is 4.79 Å². The van der Waals surface area contributed by atoms with E-state index in [0.29, 0.717) is 5.56 Å². The largest absolute Gasteiger partial charge is 0.478 e. The van der Waals surface area contributed by atoms with E-state index in [1.54, 1.807) is 18.2 Å². The first-order chi connectivity index (χ1) is 9.06. The molecule has 0 atom stereocenters. The molecule has 19 heavy (non-hydrogen) atoms. The van der Waals surface area contributed by atoms with E-state index in [4.69, 9.17) is 5.11 Å². The molecule has 0 aliphatic heterocycles. The van der Waals surface area contributed by atoms with Gasteiger partial charge in [0.2, 0.25) is 0 Å². The highest BCUT2D eigenvalue weighted by Crippen LogP contribution is 2.17. The number of benzene rings is 2. The van der Waals surface area contributed by atoms with E-state index in [9.17, 15) is 4.79 Å². The molecule has 0 aliphatic carbocycles. The molecule has 0 heterocycles. The van der Waals surface area contributed by atoms with Gasteiger partial charge in [0.1, 0.15) is 0 Å². The Balaban J connectivity index is 2.18. The summed E-state index contributed by atoms with van der Waals surface area (Å²) in [7, 11) is 1.96. The number of hydrogen-bond donors (Lipinski definition) is 1. The van der Waals surface area contributed by atoms with Crippen LogP contribution in [0.3, 0.4) is 0 Å². The third-order valence-electron chi connectivity index (χ3n) is 3.04. The van der Waals surface area contributed by atoms with Gasteiger partial charge < -0.3 is 10.0 Å². The van der Waals surface area contributed by atoms with Gasteiger partial charge in [-0.1, -0.05) is 35.9 Å². The van der Waals surface area contributed by atoms with Crippen molar-refractivity contribution in [2.24, 2.45) is 0 Å². The number of rotatable bonds is 4. The summed E-state index contributed by atoms with van der Waals surface area (Å²) >= 11 is 0. The third-order valence-corrected chi connectivity index (χ3v) is 3.04. The molecule has 98 valence electrons. The zero-order valence-electron chi connectivity index (χ0n) is 11.1. The van der Waals surface area contributed by atoms with Crippen LogP contribution in [0.5, 0.6) is 0 Å². The lowest BCUT2D eigenvalue weighted by molar-refractivity contribution is 0.0697. The molecule has 0 bridgehead atoms. The number of aryl methyl sites for hydroxylation is 1. The average molecular weight is 255 g/mol. The predicted molar refractivity (Wildman–Crippen MR) is 76.7 cm³/mol. The predicted octanol–water partition coefficient (Wildman–Crippen LogP) is 3.33. The number of nitrogens with zero attached hydrogens (tertiary/aromatic N) is 1. The summed E-state index contributed by atoms with van der Waals surface area (Å²) < 4.78 is 0. The molecule has 3 heteroatoms. The van der Waals surface area contributed by atoms with Crippen molar-refractivity contribution in [1.29, 1.82) is 0 Å². The van der Waals surface area contributed by atoms with Crippen LogP contribution in [0, 0.1) is 6.92 Å². The number of anilines is 1. The quantitative estimate of drug-likeness (QED) is 0.911. The zero-order valence-corrected chi connectivity index (χ0v) is 11.1. The van der Waals surface area contributed by atoms with Gasteiger partial charge in [0, 0.05) is 19.3 Å². The van der Waals surface area contributed by atoms with Crippen LogP contribution in [0.1, 0.15) is 21.5 Å². The number of aromatic carboxylic acids is 1. The molecule has 0 amide bonds.